The lowest BCUT2D eigenvalue weighted by Gasteiger charge is -2.05. The van der Waals surface area contributed by atoms with Crippen molar-refractivity contribution < 1.29 is 9.53 Å². The summed E-state index contributed by atoms with van der Waals surface area (Å²) in [6.45, 7) is 0. The lowest BCUT2D eigenvalue weighted by atomic mass is 10.2. The molecule has 2 aromatic rings. The van der Waals surface area contributed by atoms with E-state index in [1.54, 1.807) is 31.4 Å². The highest BCUT2D eigenvalue weighted by Crippen LogP contribution is 2.24. The van der Waals surface area contributed by atoms with E-state index >= 15 is 0 Å². The fourth-order valence-electron chi connectivity index (χ4n) is 1.69. The van der Waals surface area contributed by atoms with Crippen molar-refractivity contribution in [3.8, 4) is 5.75 Å². The number of anilines is 2. The van der Waals surface area contributed by atoms with Crippen LogP contribution in [-0.4, -0.2) is 13.0 Å². The molecule has 0 saturated carbocycles. The average molecular weight is 347 g/mol. The van der Waals surface area contributed by atoms with E-state index in [9.17, 15) is 4.79 Å². The summed E-state index contributed by atoms with van der Waals surface area (Å²) in [5.74, 6) is 0.568. The van der Waals surface area contributed by atoms with Gasteiger partial charge in [0.25, 0.3) is 0 Å². The van der Waals surface area contributed by atoms with Crippen LogP contribution < -0.4 is 15.8 Å². The van der Waals surface area contributed by atoms with Crippen LogP contribution in [0.15, 0.2) is 53.0 Å². The first-order chi connectivity index (χ1) is 10.1. The van der Waals surface area contributed by atoms with Gasteiger partial charge < -0.3 is 15.8 Å². The van der Waals surface area contributed by atoms with E-state index < -0.39 is 0 Å². The number of halogens is 1. The van der Waals surface area contributed by atoms with Gasteiger partial charge in [-0.1, -0.05) is 12.1 Å². The highest BCUT2D eigenvalue weighted by Gasteiger charge is 2.03. The van der Waals surface area contributed by atoms with Gasteiger partial charge in [0.1, 0.15) is 5.75 Å². The maximum Gasteiger partial charge on any atom is 0.248 e. The van der Waals surface area contributed by atoms with Gasteiger partial charge in [0.15, 0.2) is 0 Å². The number of rotatable bonds is 4. The maximum atomic E-state index is 11.9. The Morgan fingerprint density at radius 1 is 1.24 bits per heavy atom. The molecule has 0 spiro atoms. The van der Waals surface area contributed by atoms with E-state index in [1.165, 1.54) is 6.08 Å². The second kappa shape index (κ2) is 6.95. The van der Waals surface area contributed by atoms with Crippen LogP contribution in [0.2, 0.25) is 0 Å². The molecule has 1 amide bonds. The molecule has 3 N–H and O–H groups in total. The first-order valence-electron chi connectivity index (χ1n) is 6.26. The molecule has 2 rings (SSSR count). The first kappa shape index (κ1) is 15.1. The summed E-state index contributed by atoms with van der Waals surface area (Å²) in [4.78, 5) is 11.9. The van der Waals surface area contributed by atoms with Crippen molar-refractivity contribution >= 4 is 39.3 Å². The molecule has 0 heterocycles. The van der Waals surface area contributed by atoms with Crippen molar-refractivity contribution in [2.24, 2.45) is 0 Å². The molecule has 4 nitrogen and oxygen atoms in total. The van der Waals surface area contributed by atoms with Gasteiger partial charge in [0, 0.05) is 16.2 Å². The monoisotopic (exact) mass is 346 g/mol. The predicted molar refractivity (Wildman–Crippen MR) is 89.2 cm³/mol. The van der Waals surface area contributed by atoms with Gasteiger partial charge in [-0.25, -0.2) is 0 Å². The van der Waals surface area contributed by atoms with Crippen LogP contribution in [0.5, 0.6) is 5.75 Å². The lowest BCUT2D eigenvalue weighted by molar-refractivity contribution is -0.111. The Labute approximate surface area is 131 Å². The summed E-state index contributed by atoms with van der Waals surface area (Å²) in [5.41, 5.74) is 7.88. The third-order valence-corrected chi connectivity index (χ3v) is 3.45. The molecule has 5 heteroatoms. The zero-order valence-electron chi connectivity index (χ0n) is 11.5. The van der Waals surface area contributed by atoms with E-state index in [0.29, 0.717) is 11.4 Å². The second-order valence-corrected chi connectivity index (χ2v) is 5.19. The molecule has 21 heavy (non-hydrogen) atoms. The average Bonchev–Trinajstić information content (AvgIpc) is 2.48. The topological polar surface area (TPSA) is 64.3 Å². The van der Waals surface area contributed by atoms with E-state index in [4.69, 9.17) is 10.5 Å². The molecular weight excluding hydrogens is 332 g/mol. The molecule has 0 saturated heterocycles. The fraction of sp³-hybridized carbons (Fsp3) is 0.0625. The normalized spacial score (nSPS) is 10.6. The van der Waals surface area contributed by atoms with Crippen LogP contribution in [0.4, 0.5) is 11.4 Å². The van der Waals surface area contributed by atoms with E-state index in [1.807, 2.05) is 24.3 Å². The van der Waals surface area contributed by atoms with Gasteiger partial charge in [-0.05, 0) is 57.9 Å². The van der Waals surface area contributed by atoms with Crippen LogP contribution >= 0.6 is 15.9 Å². The summed E-state index contributed by atoms with van der Waals surface area (Å²) in [6.07, 6.45) is 3.21. The summed E-state index contributed by atoms with van der Waals surface area (Å²) in [5, 5.41) is 2.78. The molecule has 0 aliphatic rings. The third-order valence-electron chi connectivity index (χ3n) is 2.79. The maximum absolute atomic E-state index is 11.9. The Balaban J connectivity index is 2.01. The largest absolute Gasteiger partial charge is 0.497 e. The summed E-state index contributed by atoms with van der Waals surface area (Å²) in [6, 6.07) is 12.7. The van der Waals surface area contributed by atoms with E-state index in [2.05, 4.69) is 21.2 Å². The van der Waals surface area contributed by atoms with Crippen LogP contribution in [0.1, 0.15) is 5.56 Å². The number of hydrogen-bond donors (Lipinski definition) is 2. The Morgan fingerprint density at radius 3 is 2.57 bits per heavy atom. The molecule has 0 atom stereocenters. The molecule has 2 aromatic carbocycles. The number of nitrogens with one attached hydrogen (secondary N) is 1. The number of methoxy groups -OCH3 is 1. The molecule has 108 valence electrons. The highest BCUT2D eigenvalue weighted by molar-refractivity contribution is 9.10. The Bertz CT molecular complexity index is 666. The van der Waals surface area contributed by atoms with Gasteiger partial charge in [0.05, 0.1) is 12.8 Å². The standard InChI is InChI=1S/C16H15BrN2O2/c1-21-13-6-2-11(3-7-13)4-9-16(20)19-15-8-5-12(18)10-14(15)17/h2-10H,18H2,1H3,(H,19,20)/b9-4+. The van der Waals surface area contributed by atoms with Crippen molar-refractivity contribution in [1.29, 1.82) is 0 Å². The third kappa shape index (κ3) is 4.36. The molecule has 0 unspecified atom stereocenters. The van der Waals surface area contributed by atoms with Crippen LogP contribution in [-0.2, 0) is 4.79 Å². The number of carbonyl (C=O) groups is 1. The minimum atomic E-state index is -0.212. The Kier molecular flexibility index (Phi) is 5.00. The lowest BCUT2D eigenvalue weighted by Crippen LogP contribution is -2.08. The highest BCUT2D eigenvalue weighted by atomic mass is 79.9. The van der Waals surface area contributed by atoms with Crippen LogP contribution in [0.3, 0.4) is 0 Å². The van der Waals surface area contributed by atoms with Crippen molar-refractivity contribution in [2.75, 3.05) is 18.2 Å². The Hall–Kier alpha value is -2.27. The summed E-state index contributed by atoms with van der Waals surface area (Å²) < 4.78 is 5.82. The minimum absolute atomic E-state index is 0.212. The molecule has 0 aliphatic carbocycles. The number of benzene rings is 2. The predicted octanol–water partition coefficient (Wildman–Crippen LogP) is 3.69. The fourth-order valence-corrected chi connectivity index (χ4v) is 2.19. The van der Waals surface area contributed by atoms with Crippen molar-refractivity contribution in [2.45, 2.75) is 0 Å². The number of hydrogen-bond acceptors (Lipinski definition) is 3. The smallest absolute Gasteiger partial charge is 0.248 e. The molecule has 0 radical (unpaired) electrons. The zero-order chi connectivity index (χ0) is 15.2. The van der Waals surface area contributed by atoms with Crippen molar-refractivity contribution in [1.82, 2.24) is 0 Å². The van der Waals surface area contributed by atoms with Gasteiger partial charge in [-0.15, -0.1) is 0 Å². The van der Waals surface area contributed by atoms with E-state index in [-0.39, 0.29) is 5.91 Å². The second-order valence-electron chi connectivity index (χ2n) is 4.34. The molecule has 0 aromatic heterocycles. The van der Waals surface area contributed by atoms with Gasteiger partial charge >= 0.3 is 0 Å². The Morgan fingerprint density at radius 2 is 1.95 bits per heavy atom. The van der Waals surface area contributed by atoms with Crippen LogP contribution in [0.25, 0.3) is 6.08 Å². The summed E-state index contributed by atoms with van der Waals surface area (Å²) in [7, 11) is 1.61. The van der Waals surface area contributed by atoms with Gasteiger partial charge in [-0.2, -0.15) is 0 Å². The number of ether oxygens (including phenoxy) is 1. The summed E-state index contributed by atoms with van der Waals surface area (Å²) >= 11 is 3.35. The number of amides is 1. The minimum Gasteiger partial charge on any atom is -0.497 e. The SMILES string of the molecule is COc1ccc(/C=C/C(=O)Nc2ccc(N)cc2Br)cc1. The number of nitrogens with two attached hydrogens (primary N) is 1. The zero-order valence-corrected chi connectivity index (χ0v) is 13.1. The quantitative estimate of drug-likeness (QED) is 0.655. The number of nitrogen functional groups attached to an aromatic ring is 1. The van der Waals surface area contributed by atoms with E-state index in [0.717, 1.165) is 15.8 Å². The van der Waals surface area contributed by atoms with Crippen LogP contribution in [0, 0.1) is 0 Å². The van der Waals surface area contributed by atoms with Gasteiger partial charge in [-0.3, -0.25) is 4.79 Å². The molecular formula is C16H15BrN2O2. The first-order valence-corrected chi connectivity index (χ1v) is 7.06. The molecule has 0 fully saturated rings. The van der Waals surface area contributed by atoms with Crippen molar-refractivity contribution in [3.05, 3.63) is 58.6 Å². The number of carbonyl (C=O) groups excluding carboxylic acids is 1. The molecule has 0 aliphatic heterocycles. The molecule has 0 bridgehead atoms. The van der Waals surface area contributed by atoms with Gasteiger partial charge in [0.2, 0.25) is 5.91 Å². The van der Waals surface area contributed by atoms with Crippen molar-refractivity contribution in [3.63, 3.8) is 0 Å².